The van der Waals surface area contributed by atoms with E-state index in [4.69, 9.17) is 11.6 Å². The van der Waals surface area contributed by atoms with Gasteiger partial charge in [0.05, 0.1) is 9.75 Å². The van der Waals surface area contributed by atoms with E-state index in [9.17, 15) is 4.79 Å². The van der Waals surface area contributed by atoms with Gasteiger partial charge in [0.15, 0.2) is 0 Å². The predicted molar refractivity (Wildman–Crippen MR) is 74.2 cm³/mol. The van der Waals surface area contributed by atoms with Gasteiger partial charge >= 0.3 is 0 Å². The number of carbonyl (C=O) groups excluding carboxylic acids is 1. The average molecular weight is 336 g/mol. The molecule has 0 bridgehead atoms. The van der Waals surface area contributed by atoms with Crippen LogP contribution in [0.15, 0.2) is 22.0 Å². The second kappa shape index (κ2) is 5.00. The lowest BCUT2D eigenvalue weighted by Gasteiger charge is -1.97. The Balaban J connectivity index is 2.39. The molecular formula is C11H8BrClOS2. The summed E-state index contributed by atoms with van der Waals surface area (Å²) in [5.74, 6) is 0.0736. The van der Waals surface area contributed by atoms with Gasteiger partial charge in [0, 0.05) is 4.47 Å². The van der Waals surface area contributed by atoms with Gasteiger partial charge in [-0.1, -0.05) is 18.5 Å². The highest BCUT2D eigenvalue weighted by Gasteiger charge is 2.17. The molecule has 2 aromatic rings. The van der Waals surface area contributed by atoms with Crippen molar-refractivity contribution >= 4 is 56.0 Å². The highest BCUT2D eigenvalue weighted by Crippen LogP contribution is 2.34. The van der Waals surface area contributed by atoms with Gasteiger partial charge in [-0.25, -0.2) is 0 Å². The lowest BCUT2D eigenvalue weighted by Crippen LogP contribution is -1.98. The quantitative estimate of drug-likeness (QED) is 0.720. The summed E-state index contributed by atoms with van der Waals surface area (Å²) in [5, 5.41) is 1.95. The smallest absolute Gasteiger partial charge is 0.213 e. The number of rotatable bonds is 3. The summed E-state index contributed by atoms with van der Waals surface area (Å²) >= 11 is 12.1. The van der Waals surface area contributed by atoms with Crippen molar-refractivity contribution in [3.63, 3.8) is 0 Å². The van der Waals surface area contributed by atoms with Crippen LogP contribution < -0.4 is 0 Å². The SMILES string of the molecule is CCc1ccsc1C(=O)c1cc(Br)c(Cl)s1. The first-order chi connectivity index (χ1) is 7.63. The second-order valence-corrected chi connectivity index (χ2v) is 6.61. The van der Waals surface area contributed by atoms with Crippen molar-refractivity contribution in [2.75, 3.05) is 0 Å². The van der Waals surface area contributed by atoms with E-state index in [0.29, 0.717) is 9.21 Å². The van der Waals surface area contributed by atoms with Crippen LogP contribution in [0.1, 0.15) is 27.0 Å². The van der Waals surface area contributed by atoms with Crippen LogP contribution in [0, 0.1) is 0 Å². The summed E-state index contributed by atoms with van der Waals surface area (Å²) in [4.78, 5) is 13.7. The fourth-order valence-electron chi connectivity index (χ4n) is 1.38. The van der Waals surface area contributed by atoms with Gasteiger partial charge < -0.3 is 0 Å². The van der Waals surface area contributed by atoms with Gasteiger partial charge in [-0.3, -0.25) is 4.79 Å². The maximum atomic E-state index is 12.2. The van der Waals surface area contributed by atoms with Crippen LogP contribution in [0.5, 0.6) is 0 Å². The van der Waals surface area contributed by atoms with Crippen molar-refractivity contribution in [2.45, 2.75) is 13.3 Å². The zero-order valence-electron chi connectivity index (χ0n) is 8.42. The third-order valence-electron chi connectivity index (χ3n) is 2.20. The minimum atomic E-state index is 0.0736. The van der Waals surface area contributed by atoms with E-state index in [0.717, 1.165) is 21.3 Å². The van der Waals surface area contributed by atoms with Crippen molar-refractivity contribution in [3.05, 3.63) is 41.6 Å². The molecule has 0 saturated heterocycles. The highest BCUT2D eigenvalue weighted by atomic mass is 79.9. The molecule has 2 heterocycles. The van der Waals surface area contributed by atoms with Crippen LogP contribution in [0.25, 0.3) is 0 Å². The van der Waals surface area contributed by atoms with Crippen molar-refractivity contribution in [2.24, 2.45) is 0 Å². The first-order valence-electron chi connectivity index (χ1n) is 4.69. The molecule has 0 saturated carbocycles. The Hall–Kier alpha value is -0.160. The third kappa shape index (κ3) is 2.25. The number of aryl methyl sites for hydroxylation is 1. The lowest BCUT2D eigenvalue weighted by atomic mass is 10.1. The Bertz CT molecular complexity index is 510. The minimum Gasteiger partial charge on any atom is -0.287 e. The molecule has 16 heavy (non-hydrogen) atoms. The molecular weight excluding hydrogens is 328 g/mol. The third-order valence-corrected chi connectivity index (χ3v) is 5.63. The molecule has 0 radical (unpaired) electrons. The summed E-state index contributed by atoms with van der Waals surface area (Å²) in [6, 6.07) is 3.79. The molecule has 0 N–H and O–H groups in total. The Labute approximate surface area is 115 Å². The Morgan fingerprint density at radius 1 is 1.56 bits per heavy atom. The Morgan fingerprint density at radius 2 is 2.31 bits per heavy atom. The minimum absolute atomic E-state index is 0.0736. The predicted octanol–water partition coefficient (Wildman–Crippen LogP) is 5.02. The van der Waals surface area contributed by atoms with E-state index in [1.807, 2.05) is 11.4 Å². The molecule has 0 aliphatic rings. The summed E-state index contributed by atoms with van der Waals surface area (Å²) in [5.41, 5.74) is 1.11. The van der Waals surface area contributed by atoms with Crippen LogP contribution in [0.3, 0.4) is 0 Å². The molecule has 0 amide bonds. The number of hydrogen-bond acceptors (Lipinski definition) is 3. The fraction of sp³-hybridized carbons (Fsp3) is 0.182. The summed E-state index contributed by atoms with van der Waals surface area (Å²) < 4.78 is 1.41. The van der Waals surface area contributed by atoms with Crippen molar-refractivity contribution in [3.8, 4) is 0 Å². The molecule has 0 fully saturated rings. The average Bonchev–Trinajstić information content (AvgIpc) is 2.85. The summed E-state index contributed by atoms with van der Waals surface area (Å²) in [7, 11) is 0. The number of ketones is 1. The van der Waals surface area contributed by atoms with Gasteiger partial charge in [-0.15, -0.1) is 22.7 Å². The van der Waals surface area contributed by atoms with Crippen molar-refractivity contribution < 1.29 is 4.79 Å². The maximum Gasteiger partial charge on any atom is 0.213 e. The van der Waals surface area contributed by atoms with Crippen LogP contribution in [0.2, 0.25) is 4.34 Å². The van der Waals surface area contributed by atoms with Crippen LogP contribution in [-0.4, -0.2) is 5.78 Å². The zero-order chi connectivity index (χ0) is 11.7. The second-order valence-electron chi connectivity index (χ2n) is 3.19. The largest absolute Gasteiger partial charge is 0.287 e. The lowest BCUT2D eigenvalue weighted by molar-refractivity contribution is 0.104. The van der Waals surface area contributed by atoms with Gasteiger partial charge in [0.2, 0.25) is 5.78 Å². The number of hydrogen-bond donors (Lipinski definition) is 0. The standard InChI is InChI=1S/C11H8BrClOS2/c1-2-6-3-4-15-10(6)9(14)8-5-7(12)11(13)16-8/h3-5H,2H2,1H3. The van der Waals surface area contributed by atoms with Gasteiger partial charge in [0.25, 0.3) is 0 Å². The highest BCUT2D eigenvalue weighted by molar-refractivity contribution is 9.10. The normalized spacial score (nSPS) is 10.7. The number of thiophene rings is 2. The first-order valence-corrected chi connectivity index (χ1v) is 7.56. The Morgan fingerprint density at radius 3 is 2.88 bits per heavy atom. The van der Waals surface area contributed by atoms with E-state index in [1.54, 1.807) is 6.07 Å². The number of halogens is 2. The van der Waals surface area contributed by atoms with E-state index < -0.39 is 0 Å². The van der Waals surface area contributed by atoms with Crippen LogP contribution in [-0.2, 0) is 6.42 Å². The molecule has 0 atom stereocenters. The molecule has 5 heteroatoms. The van der Waals surface area contributed by atoms with Crippen molar-refractivity contribution in [1.29, 1.82) is 0 Å². The van der Waals surface area contributed by atoms with Gasteiger partial charge in [-0.05, 0) is 45.4 Å². The molecule has 1 nitrogen and oxygen atoms in total. The van der Waals surface area contributed by atoms with Crippen LogP contribution in [0.4, 0.5) is 0 Å². The molecule has 0 aliphatic heterocycles. The number of carbonyl (C=O) groups is 1. The monoisotopic (exact) mass is 334 g/mol. The fourth-order valence-corrected chi connectivity index (χ4v) is 4.05. The van der Waals surface area contributed by atoms with E-state index in [1.165, 1.54) is 22.7 Å². The van der Waals surface area contributed by atoms with Crippen molar-refractivity contribution in [1.82, 2.24) is 0 Å². The summed E-state index contributed by atoms with van der Waals surface area (Å²) in [6.45, 7) is 2.05. The first kappa shape index (κ1) is 12.3. The maximum absolute atomic E-state index is 12.2. The van der Waals surface area contributed by atoms with E-state index >= 15 is 0 Å². The molecule has 0 spiro atoms. The zero-order valence-corrected chi connectivity index (χ0v) is 12.4. The molecule has 2 rings (SSSR count). The molecule has 0 aromatic carbocycles. The van der Waals surface area contributed by atoms with Gasteiger partial charge in [-0.2, -0.15) is 0 Å². The summed E-state index contributed by atoms with van der Waals surface area (Å²) in [6.07, 6.45) is 0.880. The van der Waals surface area contributed by atoms with E-state index in [2.05, 4.69) is 22.9 Å². The van der Waals surface area contributed by atoms with Crippen LogP contribution >= 0.6 is 50.2 Å². The molecule has 0 aliphatic carbocycles. The Kier molecular flexibility index (Phi) is 3.85. The van der Waals surface area contributed by atoms with E-state index in [-0.39, 0.29) is 5.78 Å². The topological polar surface area (TPSA) is 17.1 Å². The molecule has 84 valence electrons. The van der Waals surface area contributed by atoms with Gasteiger partial charge in [0.1, 0.15) is 4.34 Å². The molecule has 2 aromatic heterocycles. The molecule has 0 unspecified atom stereocenters.